The van der Waals surface area contributed by atoms with Crippen LogP contribution in [-0.2, 0) is 10.0 Å². The van der Waals surface area contributed by atoms with Crippen LogP contribution < -0.4 is 10.5 Å². The van der Waals surface area contributed by atoms with Crippen LogP contribution in [0.1, 0.15) is 27.2 Å². The molecular weight excluding hydrogens is 336 g/mol. The summed E-state index contributed by atoms with van der Waals surface area (Å²) in [6, 6.07) is 3.31. The molecule has 18 heavy (non-hydrogen) atoms. The van der Waals surface area contributed by atoms with Crippen molar-refractivity contribution in [1.82, 2.24) is 4.72 Å². The minimum absolute atomic E-state index is 0.275. The van der Waals surface area contributed by atoms with Crippen LogP contribution in [0.25, 0.3) is 0 Å². The highest BCUT2D eigenvalue weighted by atomic mass is 79.9. The number of nitrogens with one attached hydrogen (secondary N) is 1. The SMILES string of the molecule is CC(C)CC(C)(CN)NS(=O)(=O)c1ccc(Br)s1. The second-order valence-electron chi connectivity index (χ2n) is 5.03. The molecule has 0 bridgehead atoms. The molecule has 0 radical (unpaired) electrons. The molecule has 0 saturated carbocycles. The molecule has 3 N–H and O–H groups in total. The van der Waals surface area contributed by atoms with Gasteiger partial charge in [0.2, 0.25) is 0 Å². The van der Waals surface area contributed by atoms with Gasteiger partial charge in [-0.1, -0.05) is 13.8 Å². The summed E-state index contributed by atoms with van der Waals surface area (Å²) in [4.78, 5) is 0. The van der Waals surface area contributed by atoms with E-state index in [0.717, 1.165) is 3.79 Å². The van der Waals surface area contributed by atoms with Crippen molar-refractivity contribution in [3.05, 3.63) is 15.9 Å². The Hall–Kier alpha value is 0.0500. The molecule has 1 heterocycles. The predicted octanol–water partition coefficient (Wildman–Crippen LogP) is 2.55. The van der Waals surface area contributed by atoms with Gasteiger partial charge in [-0.05, 0) is 47.3 Å². The summed E-state index contributed by atoms with van der Waals surface area (Å²) in [5, 5.41) is 0. The van der Waals surface area contributed by atoms with E-state index in [1.807, 2.05) is 20.8 Å². The Balaban J connectivity index is 2.94. The molecule has 0 amide bonds. The Morgan fingerprint density at radius 1 is 1.50 bits per heavy atom. The first-order valence-electron chi connectivity index (χ1n) is 5.68. The molecule has 1 atom stereocenters. The van der Waals surface area contributed by atoms with Gasteiger partial charge >= 0.3 is 0 Å². The molecule has 1 aromatic heterocycles. The Morgan fingerprint density at radius 3 is 2.50 bits per heavy atom. The number of hydrogen-bond donors (Lipinski definition) is 2. The summed E-state index contributed by atoms with van der Waals surface area (Å²) < 4.78 is 28.3. The van der Waals surface area contributed by atoms with Crippen LogP contribution in [0.4, 0.5) is 0 Å². The van der Waals surface area contributed by atoms with E-state index < -0.39 is 15.6 Å². The second-order valence-corrected chi connectivity index (χ2v) is 9.40. The minimum atomic E-state index is -3.50. The molecule has 0 spiro atoms. The van der Waals surface area contributed by atoms with Gasteiger partial charge in [0.25, 0.3) is 10.0 Å². The van der Waals surface area contributed by atoms with Crippen LogP contribution >= 0.6 is 27.3 Å². The third kappa shape index (κ3) is 4.31. The fourth-order valence-corrected chi connectivity index (χ4v) is 5.32. The normalized spacial score (nSPS) is 15.9. The van der Waals surface area contributed by atoms with Crippen LogP contribution in [0.2, 0.25) is 0 Å². The lowest BCUT2D eigenvalue weighted by molar-refractivity contribution is 0.345. The standard InChI is InChI=1S/C11H19BrN2O2S2/c1-8(2)6-11(3,7-13)14-18(15,16)10-5-4-9(12)17-10/h4-5,8,14H,6-7,13H2,1-3H3. The minimum Gasteiger partial charge on any atom is -0.329 e. The van der Waals surface area contributed by atoms with Crippen molar-refractivity contribution >= 4 is 37.3 Å². The van der Waals surface area contributed by atoms with Crippen LogP contribution in [0, 0.1) is 5.92 Å². The average molecular weight is 355 g/mol. The molecule has 7 heteroatoms. The van der Waals surface area contributed by atoms with E-state index in [0.29, 0.717) is 16.5 Å². The lowest BCUT2D eigenvalue weighted by Gasteiger charge is -2.30. The summed E-state index contributed by atoms with van der Waals surface area (Å²) >= 11 is 4.45. The van der Waals surface area contributed by atoms with Crippen molar-refractivity contribution in [2.75, 3.05) is 6.54 Å². The number of hydrogen-bond acceptors (Lipinski definition) is 4. The van der Waals surface area contributed by atoms with Gasteiger partial charge in [-0.3, -0.25) is 0 Å². The van der Waals surface area contributed by atoms with Crippen molar-refractivity contribution in [1.29, 1.82) is 0 Å². The Labute approximate surface area is 121 Å². The molecule has 104 valence electrons. The molecule has 1 rings (SSSR count). The maximum atomic E-state index is 12.2. The largest absolute Gasteiger partial charge is 0.329 e. The van der Waals surface area contributed by atoms with Gasteiger partial charge in [-0.15, -0.1) is 11.3 Å². The van der Waals surface area contributed by atoms with Gasteiger partial charge in [0.15, 0.2) is 0 Å². The highest BCUT2D eigenvalue weighted by molar-refractivity contribution is 9.11. The highest BCUT2D eigenvalue weighted by Crippen LogP contribution is 2.27. The number of rotatable bonds is 6. The first kappa shape index (κ1) is 16.1. The van der Waals surface area contributed by atoms with Crippen LogP contribution in [0.15, 0.2) is 20.1 Å². The maximum absolute atomic E-state index is 12.2. The van der Waals surface area contributed by atoms with E-state index in [9.17, 15) is 8.42 Å². The van der Waals surface area contributed by atoms with Crippen molar-refractivity contribution in [3.8, 4) is 0 Å². The highest BCUT2D eigenvalue weighted by Gasteiger charge is 2.30. The smallest absolute Gasteiger partial charge is 0.250 e. The van der Waals surface area contributed by atoms with Crippen LogP contribution in [0.3, 0.4) is 0 Å². The van der Waals surface area contributed by atoms with Gasteiger partial charge in [0.05, 0.1) is 3.79 Å². The average Bonchev–Trinajstić information content (AvgIpc) is 2.63. The molecular formula is C11H19BrN2O2S2. The lowest BCUT2D eigenvalue weighted by Crippen LogP contribution is -2.51. The van der Waals surface area contributed by atoms with Gasteiger partial charge in [-0.25, -0.2) is 13.1 Å². The maximum Gasteiger partial charge on any atom is 0.250 e. The van der Waals surface area contributed by atoms with E-state index in [2.05, 4.69) is 20.7 Å². The first-order valence-corrected chi connectivity index (χ1v) is 8.77. The quantitative estimate of drug-likeness (QED) is 0.824. The van der Waals surface area contributed by atoms with Gasteiger partial charge in [0, 0.05) is 12.1 Å². The predicted molar refractivity (Wildman–Crippen MR) is 79.3 cm³/mol. The van der Waals surface area contributed by atoms with E-state index >= 15 is 0 Å². The van der Waals surface area contributed by atoms with Crippen LogP contribution in [-0.4, -0.2) is 20.5 Å². The van der Waals surface area contributed by atoms with E-state index in [1.165, 1.54) is 11.3 Å². The van der Waals surface area contributed by atoms with Gasteiger partial charge in [-0.2, -0.15) is 0 Å². The second kappa shape index (κ2) is 6.00. The summed E-state index contributed by atoms with van der Waals surface area (Å²) in [5.74, 6) is 0.372. The zero-order chi connectivity index (χ0) is 14.0. The molecule has 0 aliphatic carbocycles. The fourth-order valence-electron chi connectivity index (χ4n) is 1.88. The van der Waals surface area contributed by atoms with Gasteiger partial charge in [0.1, 0.15) is 4.21 Å². The Morgan fingerprint density at radius 2 is 2.11 bits per heavy atom. The van der Waals surface area contributed by atoms with E-state index in [4.69, 9.17) is 5.73 Å². The molecule has 0 aliphatic rings. The summed E-state index contributed by atoms with van der Waals surface area (Å²) in [7, 11) is -3.50. The molecule has 0 saturated heterocycles. The Kier molecular flexibility index (Phi) is 5.37. The molecule has 4 nitrogen and oxygen atoms in total. The summed E-state index contributed by atoms with van der Waals surface area (Å²) in [6.07, 6.45) is 0.704. The van der Waals surface area contributed by atoms with E-state index in [1.54, 1.807) is 12.1 Å². The fraction of sp³-hybridized carbons (Fsp3) is 0.636. The molecule has 0 fully saturated rings. The van der Waals surface area contributed by atoms with Crippen molar-refractivity contribution < 1.29 is 8.42 Å². The van der Waals surface area contributed by atoms with Crippen molar-refractivity contribution in [2.24, 2.45) is 11.7 Å². The van der Waals surface area contributed by atoms with Crippen LogP contribution in [0.5, 0.6) is 0 Å². The van der Waals surface area contributed by atoms with Gasteiger partial charge < -0.3 is 5.73 Å². The third-order valence-electron chi connectivity index (χ3n) is 2.50. The van der Waals surface area contributed by atoms with Crippen molar-refractivity contribution in [3.63, 3.8) is 0 Å². The number of nitrogens with two attached hydrogens (primary N) is 1. The van der Waals surface area contributed by atoms with E-state index in [-0.39, 0.29) is 6.54 Å². The zero-order valence-electron chi connectivity index (χ0n) is 10.7. The monoisotopic (exact) mass is 354 g/mol. The topological polar surface area (TPSA) is 72.2 Å². The summed E-state index contributed by atoms with van der Waals surface area (Å²) in [5.41, 5.74) is 5.11. The molecule has 0 aliphatic heterocycles. The molecule has 1 unspecified atom stereocenters. The van der Waals surface area contributed by atoms with Crippen molar-refractivity contribution in [2.45, 2.75) is 36.9 Å². The first-order chi connectivity index (χ1) is 8.18. The zero-order valence-corrected chi connectivity index (χ0v) is 14.0. The molecule has 1 aromatic rings. The number of halogens is 1. The molecule has 0 aromatic carbocycles. The third-order valence-corrected chi connectivity index (χ3v) is 6.26. The summed E-state index contributed by atoms with van der Waals surface area (Å²) in [6.45, 7) is 6.21. The number of thiophene rings is 1. The Bertz CT molecular complexity index is 499. The number of sulfonamides is 1. The lowest BCUT2D eigenvalue weighted by atomic mass is 9.92.